The molecule has 0 radical (unpaired) electrons. The zero-order chi connectivity index (χ0) is 15.7. The molecule has 1 saturated carbocycles. The third-order valence-corrected chi connectivity index (χ3v) is 6.68. The molecule has 2 atom stereocenters. The van der Waals surface area contributed by atoms with Crippen LogP contribution in [0.1, 0.15) is 51.4 Å². The average molecular weight is 321 g/mol. The van der Waals surface area contributed by atoms with Crippen molar-refractivity contribution >= 4 is 6.03 Å². The molecule has 1 aliphatic carbocycles. The maximum atomic E-state index is 12.6. The summed E-state index contributed by atoms with van der Waals surface area (Å²) < 4.78 is 5.96. The maximum Gasteiger partial charge on any atom is 0.317 e. The fraction of sp³-hybridized carbons (Fsp3) is 0.944. The molecule has 0 aromatic rings. The normalized spacial score (nSPS) is 34.3. The largest absolute Gasteiger partial charge is 0.375 e. The number of carbonyl (C=O) groups is 1. The highest BCUT2D eigenvalue weighted by molar-refractivity contribution is 5.74. The number of urea groups is 1. The molecule has 2 unspecified atom stereocenters. The van der Waals surface area contributed by atoms with E-state index in [-0.39, 0.29) is 11.6 Å². The van der Waals surface area contributed by atoms with E-state index < -0.39 is 0 Å². The Hall–Kier alpha value is -0.810. The number of piperidine rings is 1. The van der Waals surface area contributed by atoms with Crippen LogP contribution in [0.15, 0.2) is 0 Å². The van der Waals surface area contributed by atoms with Crippen molar-refractivity contribution < 1.29 is 9.53 Å². The summed E-state index contributed by atoms with van der Waals surface area (Å²) >= 11 is 0. The van der Waals surface area contributed by atoms with Gasteiger partial charge in [0, 0.05) is 25.7 Å². The van der Waals surface area contributed by atoms with E-state index in [4.69, 9.17) is 4.74 Å². The number of likely N-dealkylation sites (tertiary alicyclic amines) is 1. The molecule has 4 rings (SSSR count). The van der Waals surface area contributed by atoms with Crippen molar-refractivity contribution in [2.24, 2.45) is 11.8 Å². The number of hydrogen-bond donors (Lipinski definition) is 2. The minimum Gasteiger partial charge on any atom is -0.375 e. The van der Waals surface area contributed by atoms with Crippen LogP contribution in [0.2, 0.25) is 0 Å². The summed E-state index contributed by atoms with van der Waals surface area (Å²) in [4.78, 5) is 14.6. The van der Waals surface area contributed by atoms with Crippen LogP contribution in [0.5, 0.6) is 0 Å². The minimum absolute atomic E-state index is 0.110. The van der Waals surface area contributed by atoms with Crippen molar-refractivity contribution in [3.05, 3.63) is 0 Å². The van der Waals surface area contributed by atoms with E-state index in [1.165, 1.54) is 51.6 Å². The molecule has 2 amide bonds. The van der Waals surface area contributed by atoms with Crippen LogP contribution < -0.4 is 10.6 Å². The molecule has 3 saturated heterocycles. The highest BCUT2D eigenvalue weighted by Crippen LogP contribution is 2.42. The SMILES string of the molecule is O=C(NC1CCOC2(CCC2)C1)N1CCC(C2CCNC2)CC1. The van der Waals surface area contributed by atoms with E-state index in [1.54, 1.807) is 0 Å². The second kappa shape index (κ2) is 6.60. The highest BCUT2D eigenvalue weighted by atomic mass is 16.5. The number of ether oxygens (including phenoxy) is 1. The fourth-order valence-corrected chi connectivity index (χ4v) is 4.99. The minimum atomic E-state index is 0.110. The van der Waals surface area contributed by atoms with Gasteiger partial charge in [0.1, 0.15) is 0 Å². The second-order valence-corrected chi connectivity index (χ2v) is 8.10. The maximum absolute atomic E-state index is 12.6. The Labute approximate surface area is 139 Å². The highest BCUT2D eigenvalue weighted by Gasteiger charge is 2.43. The number of carbonyl (C=O) groups excluding carboxylic acids is 1. The molecule has 2 N–H and O–H groups in total. The predicted molar refractivity (Wildman–Crippen MR) is 89.4 cm³/mol. The first-order valence-corrected chi connectivity index (χ1v) is 9.64. The second-order valence-electron chi connectivity index (χ2n) is 8.10. The van der Waals surface area contributed by atoms with E-state index in [2.05, 4.69) is 10.6 Å². The molecule has 130 valence electrons. The zero-order valence-corrected chi connectivity index (χ0v) is 14.2. The third kappa shape index (κ3) is 3.36. The molecular weight excluding hydrogens is 290 g/mol. The van der Waals surface area contributed by atoms with Gasteiger partial charge in [-0.3, -0.25) is 0 Å². The van der Waals surface area contributed by atoms with Crippen molar-refractivity contribution in [3.8, 4) is 0 Å². The van der Waals surface area contributed by atoms with E-state index in [9.17, 15) is 4.79 Å². The van der Waals surface area contributed by atoms with Gasteiger partial charge in [0.2, 0.25) is 0 Å². The predicted octanol–water partition coefficient (Wildman–Crippen LogP) is 2.12. The van der Waals surface area contributed by atoms with Gasteiger partial charge in [-0.05, 0) is 76.3 Å². The van der Waals surface area contributed by atoms with Crippen molar-refractivity contribution in [2.75, 3.05) is 32.8 Å². The van der Waals surface area contributed by atoms with Crippen molar-refractivity contribution in [1.29, 1.82) is 0 Å². The van der Waals surface area contributed by atoms with E-state index in [0.29, 0.717) is 6.04 Å². The Kier molecular flexibility index (Phi) is 4.50. The summed E-state index contributed by atoms with van der Waals surface area (Å²) in [6.45, 7) is 5.03. The van der Waals surface area contributed by atoms with Crippen molar-refractivity contribution in [1.82, 2.24) is 15.5 Å². The summed E-state index contributed by atoms with van der Waals surface area (Å²) in [5, 5.41) is 6.76. The number of amides is 2. The number of rotatable bonds is 2. The van der Waals surface area contributed by atoms with Gasteiger partial charge in [0.25, 0.3) is 0 Å². The van der Waals surface area contributed by atoms with Gasteiger partial charge in [-0.25, -0.2) is 4.79 Å². The quantitative estimate of drug-likeness (QED) is 0.819. The molecule has 5 nitrogen and oxygen atoms in total. The molecule has 0 aromatic heterocycles. The van der Waals surface area contributed by atoms with E-state index in [1.807, 2.05) is 4.90 Å². The number of nitrogens with one attached hydrogen (secondary N) is 2. The van der Waals surface area contributed by atoms with Crippen LogP contribution in [0.3, 0.4) is 0 Å². The van der Waals surface area contributed by atoms with E-state index in [0.717, 1.165) is 44.4 Å². The van der Waals surface area contributed by atoms with Crippen LogP contribution >= 0.6 is 0 Å². The number of nitrogens with zero attached hydrogens (tertiary/aromatic N) is 1. The van der Waals surface area contributed by atoms with Crippen molar-refractivity contribution in [2.45, 2.75) is 63.0 Å². The van der Waals surface area contributed by atoms with Gasteiger partial charge in [0.05, 0.1) is 5.60 Å². The van der Waals surface area contributed by atoms with Gasteiger partial charge in [0.15, 0.2) is 0 Å². The van der Waals surface area contributed by atoms with Crippen LogP contribution in [0.25, 0.3) is 0 Å². The van der Waals surface area contributed by atoms with Gasteiger partial charge in [-0.1, -0.05) is 0 Å². The summed E-state index contributed by atoms with van der Waals surface area (Å²) in [5.41, 5.74) is 0.110. The van der Waals surface area contributed by atoms with Gasteiger partial charge < -0.3 is 20.3 Å². The molecule has 1 spiro atoms. The lowest BCUT2D eigenvalue weighted by Gasteiger charge is -2.47. The Bertz CT molecular complexity index is 424. The van der Waals surface area contributed by atoms with E-state index >= 15 is 0 Å². The van der Waals surface area contributed by atoms with Gasteiger partial charge >= 0.3 is 6.03 Å². The van der Waals surface area contributed by atoms with Crippen LogP contribution in [-0.4, -0.2) is 55.4 Å². The number of hydrogen-bond acceptors (Lipinski definition) is 3. The van der Waals surface area contributed by atoms with Crippen LogP contribution in [-0.2, 0) is 4.74 Å². The van der Waals surface area contributed by atoms with Crippen molar-refractivity contribution in [3.63, 3.8) is 0 Å². The Morgan fingerprint density at radius 1 is 1.13 bits per heavy atom. The smallest absolute Gasteiger partial charge is 0.317 e. The summed E-state index contributed by atoms with van der Waals surface area (Å²) in [5.74, 6) is 1.66. The lowest BCUT2D eigenvalue weighted by molar-refractivity contribution is -0.134. The Morgan fingerprint density at radius 3 is 2.61 bits per heavy atom. The topological polar surface area (TPSA) is 53.6 Å². The fourth-order valence-electron chi connectivity index (χ4n) is 4.99. The lowest BCUT2D eigenvalue weighted by Crippen LogP contribution is -2.55. The van der Waals surface area contributed by atoms with Crippen LogP contribution in [0.4, 0.5) is 4.79 Å². The van der Waals surface area contributed by atoms with Gasteiger partial charge in [-0.2, -0.15) is 0 Å². The first-order chi connectivity index (χ1) is 11.2. The van der Waals surface area contributed by atoms with Crippen LogP contribution in [0, 0.1) is 11.8 Å². The molecular formula is C18H31N3O2. The molecule has 23 heavy (non-hydrogen) atoms. The molecule has 3 aliphatic heterocycles. The zero-order valence-electron chi connectivity index (χ0n) is 14.2. The summed E-state index contributed by atoms with van der Waals surface area (Å²) in [7, 11) is 0. The molecule has 4 fully saturated rings. The summed E-state index contributed by atoms with van der Waals surface area (Å²) in [6, 6.07) is 0.475. The molecule has 0 aromatic carbocycles. The molecule has 4 aliphatic rings. The van der Waals surface area contributed by atoms with Gasteiger partial charge in [-0.15, -0.1) is 0 Å². The average Bonchev–Trinajstić information content (AvgIpc) is 3.08. The molecule has 3 heterocycles. The third-order valence-electron chi connectivity index (χ3n) is 6.68. The first kappa shape index (κ1) is 15.7. The standard InChI is InChI=1S/C18H31N3O2/c22-17(20-16-5-11-23-18(12-16)6-1-7-18)21-9-3-14(4-10-21)15-2-8-19-13-15/h14-16,19H,1-13H2,(H,20,22). The molecule has 5 heteroatoms. The monoisotopic (exact) mass is 321 g/mol. The Morgan fingerprint density at radius 2 is 1.96 bits per heavy atom. The molecule has 0 bridgehead atoms. The first-order valence-electron chi connectivity index (χ1n) is 9.64. The summed E-state index contributed by atoms with van der Waals surface area (Å²) in [6.07, 6.45) is 9.31. The Balaban J connectivity index is 1.23. The lowest BCUT2D eigenvalue weighted by atomic mass is 9.74.